The molecule has 2 atom stereocenters. The van der Waals surface area contributed by atoms with Gasteiger partial charge in [0, 0.05) is 62.4 Å². The van der Waals surface area contributed by atoms with Crippen molar-refractivity contribution in [2.75, 3.05) is 26.4 Å². The zero-order chi connectivity index (χ0) is 78.3. The number of aliphatic carboxylic acids is 2. The summed E-state index contributed by atoms with van der Waals surface area (Å²) >= 11 is 3.12. The van der Waals surface area contributed by atoms with Crippen LogP contribution in [0.15, 0.2) is 91.0 Å². The van der Waals surface area contributed by atoms with Gasteiger partial charge in [-0.05, 0) is 119 Å². The summed E-state index contributed by atoms with van der Waals surface area (Å²) in [5.41, 5.74) is 5.33. The van der Waals surface area contributed by atoms with Crippen LogP contribution in [0.5, 0.6) is 0 Å². The summed E-state index contributed by atoms with van der Waals surface area (Å²) in [6, 6.07) is 16.0. The summed E-state index contributed by atoms with van der Waals surface area (Å²) < 4.78 is 45.9. The Bertz CT molecular complexity index is 3890. The highest BCUT2D eigenvalue weighted by molar-refractivity contribution is 9.08. The van der Waals surface area contributed by atoms with Crippen LogP contribution < -0.4 is 22.1 Å². The van der Waals surface area contributed by atoms with Gasteiger partial charge < -0.3 is 51.3 Å². The van der Waals surface area contributed by atoms with Crippen molar-refractivity contribution in [1.29, 1.82) is 0 Å². The van der Waals surface area contributed by atoms with Crippen LogP contribution in [0, 0.1) is 62.2 Å². The van der Waals surface area contributed by atoms with E-state index in [1.165, 1.54) is 109 Å². The Balaban J connectivity index is 0.000000654. The number of carboxylic acids is 2. The number of carbonyl (C=O) groups is 11. The fraction of sp³-hybridized carbons (Fsp3) is 0.349. The van der Waals surface area contributed by atoms with Gasteiger partial charge in [-0.1, -0.05) is 46.3 Å². The van der Waals surface area contributed by atoms with Crippen molar-refractivity contribution in [3.63, 3.8) is 0 Å². The van der Waals surface area contributed by atoms with Crippen molar-refractivity contribution in [2.45, 2.75) is 116 Å². The number of halogens is 3. The Labute approximate surface area is 585 Å². The molecular weight excluding hydrogens is 1430 g/mol. The van der Waals surface area contributed by atoms with E-state index in [4.69, 9.17) is 40.6 Å². The van der Waals surface area contributed by atoms with Gasteiger partial charge in [0.05, 0.1) is 67.7 Å². The van der Waals surface area contributed by atoms with Gasteiger partial charge in [-0.3, -0.25) is 84.1 Å². The van der Waals surface area contributed by atoms with Gasteiger partial charge in [0.1, 0.15) is 12.1 Å². The number of nitro groups is 5. The topological polar surface area (TPSA) is 557 Å². The Kier molecular flexibility index (Phi) is 35.9. The number of hydrogen-bond acceptors (Lipinski definition) is 27. The zero-order valence-corrected chi connectivity index (χ0v) is 57.4. The number of amides is 2. The third-order valence-corrected chi connectivity index (χ3v) is 13.9. The molecule has 0 spiro atoms. The number of ether oxygens (including phenoxy) is 4. The molecule has 5 aromatic rings. The Morgan fingerprint density at radius 3 is 0.902 bits per heavy atom. The molecule has 2 amide bonds. The first-order chi connectivity index (χ1) is 47.6. The lowest BCUT2D eigenvalue weighted by molar-refractivity contribution is -0.387. The SMILES string of the molecule is CC(=O)c1ccc(CC(N)C(=O)O)cc1[N+](=O)[O-].CC(=O)c1ccc(CC(N)C(=O)O)cc1[N+](=O)[O-].CCOC(=O)C(Cc1ccc(C(C)=O)c([N+](=O)[O-])c1)(NC(C)=O)C(=O)OCC.CCOC(=O)C(Cc1ccc(F)c([N+](=O)[O-])c1)(NC(C)=O)C(=O)OCC.O=[N+]([O-])c1cc(CBr)ccc1F. The van der Waals surface area contributed by atoms with Crippen LogP contribution in [0.25, 0.3) is 0 Å². The molecule has 5 aromatic carbocycles. The molecule has 102 heavy (non-hydrogen) atoms. The standard InChI is InChI=1S/C18H22N2O8.C16H19FN2O7.2C11H12N2O5.C7H5BrFNO2/c1-5-27-16(23)18(19-12(4)22,17(24)28-6-2)10-13-7-8-14(11(3)21)15(9-13)20(25)26;1-4-25-14(21)16(18-10(3)20,15(22)26-5-2)9-11-6-7-12(17)13(8-11)19(23)24;2*1-6(14)8-3-2-7(4-9(12)11(15)16)5-10(8)13(17)18;8-4-5-1-2-6(9)7(3-5)10(11)12/h7-9H,5-6,10H2,1-4H3,(H,19,22);6-8H,4-5,9H2,1-3H3,(H,18,20);2*2-3,5,9H,4,12H2,1H3,(H,15,16);1-3H,4H2. The highest BCUT2D eigenvalue weighted by atomic mass is 79.9. The summed E-state index contributed by atoms with van der Waals surface area (Å²) in [7, 11) is 0. The molecule has 0 aliphatic heterocycles. The maximum absolute atomic E-state index is 13.5. The number of rotatable bonds is 29. The number of Topliss-reactive ketones (excluding diaryl/α,β-unsaturated/α-hetero) is 3. The van der Waals surface area contributed by atoms with Crippen molar-refractivity contribution < 1.29 is 115 Å². The Morgan fingerprint density at radius 1 is 0.431 bits per heavy atom. The van der Waals surface area contributed by atoms with Gasteiger partial charge in [-0.2, -0.15) is 8.78 Å². The molecule has 0 saturated heterocycles. The van der Waals surface area contributed by atoms with Gasteiger partial charge in [-0.25, -0.2) is 19.2 Å². The van der Waals surface area contributed by atoms with E-state index in [1.807, 2.05) is 0 Å². The van der Waals surface area contributed by atoms with E-state index in [9.17, 15) is 112 Å². The second-order valence-electron chi connectivity index (χ2n) is 20.9. The van der Waals surface area contributed by atoms with Crippen molar-refractivity contribution in [1.82, 2.24) is 10.6 Å². The summed E-state index contributed by atoms with van der Waals surface area (Å²) in [4.78, 5) is 179. The smallest absolute Gasteiger partial charge is 0.344 e. The van der Waals surface area contributed by atoms with Gasteiger partial charge in [0.2, 0.25) is 34.5 Å². The number of nitrogens with one attached hydrogen (secondary N) is 2. The monoisotopic (exact) mass is 1500 g/mol. The first-order valence-corrected chi connectivity index (χ1v) is 30.7. The summed E-state index contributed by atoms with van der Waals surface area (Å²) in [6.45, 7) is 11.6. The molecule has 39 heteroatoms. The van der Waals surface area contributed by atoms with E-state index in [-0.39, 0.29) is 78.5 Å². The molecule has 5 rings (SSSR count). The lowest BCUT2D eigenvalue weighted by Gasteiger charge is -2.29. The van der Waals surface area contributed by atoms with Crippen molar-refractivity contribution >= 4 is 109 Å². The fourth-order valence-electron chi connectivity index (χ4n) is 8.69. The average molecular weight is 1500 g/mol. The van der Waals surface area contributed by atoms with Gasteiger partial charge in [-0.15, -0.1) is 0 Å². The molecule has 2 unspecified atom stereocenters. The summed E-state index contributed by atoms with van der Waals surface area (Å²) in [5.74, 6) is -11.3. The van der Waals surface area contributed by atoms with Crippen LogP contribution in [0.3, 0.4) is 0 Å². The lowest BCUT2D eigenvalue weighted by atomic mass is 9.89. The van der Waals surface area contributed by atoms with Crippen LogP contribution in [-0.4, -0.2) is 149 Å². The van der Waals surface area contributed by atoms with Crippen LogP contribution in [0.4, 0.5) is 37.2 Å². The molecule has 0 bridgehead atoms. The van der Waals surface area contributed by atoms with Crippen molar-refractivity contribution in [3.8, 4) is 0 Å². The highest BCUT2D eigenvalue weighted by Gasteiger charge is 2.52. The quantitative estimate of drug-likeness (QED) is 0.00548. The maximum Gasteiger partial charge on any atom is 0.344 e. The molecule has 0 heterocycles. The molecular formula is C63H70BrF2N9O27. The fourth-order valence-corrected chi connectivity index (χ4v) is 9.04. The summed E-state index contributed by atoms with van der Waals surface area (Å²) in [5, 5.41) is 76.3. The molecule has 0 radical (unpaired) electrons. The Hall–Kier alpha value is -11.9. The maximum atomic E-state index is 13.5. The number of nitro benzene ring substituents is 5. The third-order valence-electron chi connectivity index (χ3n) is 13.2. The number of carboxylic acid groups (broad SMARTS) is 2. The minimum atomic E-state index is -2.25. The second kappa shape index (κ2) is 41.5. The van der Waals surface area contributed by atoms with Crippen molar-refractivity contribution in [3.05, 3.63) is 198 Å². The minimum Gasteiger partial charge on any atom is -0.480 e. The Morgan fingerprint density at radius 2 is 0.667 bits per heavy atom. The molecule has 0 aliphatic carbocycles. The minimum absolute atomic E-state index is 0.00681. The van der Waals surface area contributed by atoms with Crippen LogP contribution in [0.1, 0.15) is 121 Å². The van der Waals surface area contributed by atoms with E-state index in [0.29, 0.717) is 22.0 Å². The van der Waals surface area contributed by atoms with E-state index in [2.05, 4.69) is 26.6 Å². The number of nitrogens with two attached hydrogens (primary N) is 2. The summed E-state index contributed by atoms with van der Waals surface area (Å²) in [6.07, 6.45) is -1.03. The zero-order valence-electron chi connectivity index (χ0n) is 55.8. The first-order valence-electron chi connectivity index (χ1n) is 29.6. The van der Waals surface area contributed by atoms with Crippen LogP contribution in [0.2, 0.25) is 0 Å². The number of carbonyl (C=O) groups excluding carboxylic acids is 9. The number of hydrogen-bond donors (Lipinski definition) is 6. The highest BCUT2D eigenvalue weighted by Crippen LogP contribution is 2.29. The van der Waals surface area contributed by atoms with Gasteiger partial charge >= 0.3 is 47.2 Å². The molecule has 0 fully saturated rings. The third kappa shape index (κ3) is 26.4. The lowest BCUT2D eigenvalue weighted by Crippen LogP contribution is -2.62. The van der Waals surface area contributed by atoms with Gasteiger partial charge in [0.15, 0.2) is 17.3 Å². The largest absolute Gasteiger partial charge is 0.480 e. The number of esters is 4. The normalized spacial score (nSPS) is 11.0. The number of alkyl halides is 1. The van der Waals surface area contributed by atoms with E-state index in [0.717, 1.165) is 44.2 Å². The molecule has 36 nitrogen and oxygen atoms in total. The van der Waals surface area contributed by atoms with Gasteiger partial charge in [0.25, 0.3) is 17.1 Å². The second-order valence-corrected chi connectivity index (χ2v) is 21.5. The number of ketones is 3. The van der Waals surface area contributed by atoms with Crippen LogP contribution >= 0.6 is 15.9 Å². The average Bonchev–Trinajstić information content (AvgIpc) is 0.792. The number of benzene rings is 5. The van der Waals surface area contributed by atoms with E-state index in [1.54, 1.807) is 0 Å². The van der Waals surface area contributed by atoms with E-state index >= 15 is 0 Å². The number of nitrogens with zero attached hydrogens (tertiary/aromatic N) is 5. The molecule has 0 saturated carbocycles. The molecule has 550 valence electrons. The van der Waals surface area contributed by atoms with Crippen LogP contribution in [-0.2, 0) is 88.3 Å². The predicted octanol–water partition coefficient (Wildman–Crippen LogP) is 6.75. The molecule has 0 aliphatic rings. The molecule has 8 N–H and O–H groups in total. The van der Waals surface area contributed by atoms with Crippen molar-refractivity contribution in [2.24, 2.45) is 11.5 Å². The first kappa shape index (κ1) is 88.1. The van der Waals surface area contributed by atoms with E-state index < -0.39 is 154 Å². The molecule has 0 aromatic heterocycles. The predicted molar refractivity (Wildman–Crippen MR) is 354 cm³/mol.